The van der Waals surface area contributed by atoms with E-state index < -0.39 is 0 Å². The van der Waals surface area contributed by atoms with Crippen LogP contribution in [0.3, 0.4) is 0 Å². The molecule has 2 aromatic carbocycles. The van der Waals surface area contributed by atoms with E-state index in [1.807, 2.05) is 60.7 Å². The summed E-state index contributed by atoms with van der Waals surface area (Å²) in [6, 6.07) is 15.5. The van der Waals surface area contributed by atoms with Gasteiger partial charge in [-0.3, -0.25) is 0 Å². The van der Waals surface area contributed by atoms with Gasteiger partial charge in [-0.2, -0.15) is 0 Å². The maximum absolute atomic E-state index is 5.90. The first-order valence-corrected chi connectivity index (χ1v) is 5.41. The van der Waals surface area contributed by atoms with Crippen molar-refractivity contribution in [3.05, 3.63) is 64.7 Å². The number of anilines is 1. The highest BCUT2D eigenvalue weighted by Gasteiger charge is 1.90. The second-order valence-corrected chi connectivity index (χ2v) is 3.99. The SMILES string of the molecule is Nc1ccc(C=Cc2cccc(Cl)c2)cc1. The van der Waals surface area contributed by atoms with E-state index in [2.05, 4.69) is 0 Å². The van der Waals surface area contributed by atoms with Crippen molar-refractivity contribution in [1.29, 1.82) is 0 Å². The average Bonchev–Trinajstić information content (AvgIpc) is 2.28. The molecule has 0 spiro atoms. The van der Waals surface area contributed by atoms with Crippen LogP contribution in [-0.4, -0.2) is 0 Å². The number of nitrogens with two attached hydrogens (primary N) is 1. The van der Waals surface area contributed by atoms with Crippen LogP contribution < -0.4 is 5.73 Å². The normalized spacial score (nSPS) is 10.8. The van der Waals surface area contributed by atoms with E-state index in [0.717, 1.165) is 21.8 Å². The lowest BCUT2D eigenvalue weighted by Crippen LogP contribution is -1.82. The highest BCUT2D eigenvalue weighted by atomic mass is 35.5. The van der Waals surface area contributed by atoms with Crippen LogP contribution in [0.4, 0.5) is 5.69 Å². The van der Waals surface area contributed by atoms with Gasteiger partial charge in [-0.1, -0.05) is 48.0 Å². The van der Waals surface area contributed by atoms with Crippen molar-refractivity contribution in [2.45, 2.75) is 0 Å². The van der Waals surface area contributed by atoms with Crippen molar-refractivity contribution < 1.29 is 0 Å². The molecule has 0 atom stereocenters. The zero-order valence-electron chi connectivity index (χ0n) is 8.73. The van der Waals surface area contributed by atoms with Gasteiger partial charge in [0.05, 0.1) is 0 Å². The molecule has 0 unspecified atom stereocenters. The minimum atomic E-state index is 0.749. The summed E-state index contributed by atoms with van der Waals surface area (Å²) in [6.45, 7) is 0. The molecule has 2 heteroatoms. The van der Waals surface area contributed by atoms with E-state index in [1.165, 1.54) is 0 Å². The topological polar surface area (TPSA) is 26.0 Å². The summed E-state index contributed by atoms with van der Waals surface area (Å²) in [5, 5.41) is 0.749. The smallest absolute Gasteiger partial charge is 0.0411 e. The highest BCUT2D eigenvalue weighted by molar-refractivity contribution is 6.30. The number of benzene rings is 2. The highest BCUT2D eigenvalue weighted by Crippen LogP contribution is 2.14. The Morgan fingerprint density at radius 2 is 1.56 bits per heavy atom. The number of hydrogen-bond donors (Lipinski definition) is 1. The summed E-state index contributed by atoms with van der Waals surface area (Å²) in [5.74, 6) is 0. The quantitative estimate of drug-likeness (QED) is 0.609. The molecule has 2 N–H and O–H groups in total. The maximum Gasteiger partial charge on any atom is 0.0411 e. The molecule has 0 saturated heterocycles. The number of hydrogen-bond acceptors (Lipinski definition) is 1. The van der Waals surface area contributed by atoms with Gasteiger partial charge < -0.3 is 5.73 Å². The fourth-order valence-electron chi connectivity index (χ4n) is 1.41. The predicted molar refractivity (Wildman–Crippen MR) is 71.2 cm³/mol. The molecule has 0 saturated carbocycles. The number of rotatable bonds is 2. The van der Waals surface area contributed by atoms with E-state index in [-0.39, 0.29) is 0 Å². The lowest BCUT2D eigenvalue weighted by atomic mass is 10.1. The van der Waals surface area contributed by atoms with Crippen molar-refractivity contribution >= 4 is 29.4 Å². The second-order valence-electron chi connectivity index (χ2n) is 3.56. The summed E-state index contributed by atoms with van der Waals surface area (Å²) in [4.78, 5) is 0. The third-order valence-electron chi connectivity index (χ3n) is 2.25. The van der Waals surface area contributed by atoms with Gasteiger partial charge in [0.15, 0.2) is 0 Å². The van der Waals surface area contributed by atoms with E-state index in [9.17, 15) is 0 Å². The molecule has 0 aliphatic heterocycles. The Morgan fingerprint density at radius 1 is 0.875 bits per heavy atom. The Labute approximate surface area is 100 Å². The Bertz CT molecular complexity index is 500. The summed E-state index contributed by atoms with van der Waals surface area (Å²) in [6.07, 6.45) is 4.06. The summed E-state index contributed by atoms with van der Waals surface area (Å²) >= 11 is 5.90. The number of nitrogen functional groups attached to an aromatic ring is 1. The van der Waals surface area contributed by atoms with E-state index in [4.69, 9.17) is 17.3 Å². The molecule has 2 rings (SSSR count). The molecule has 0 amide bonds. The molecule has 80 valence electrons. The van der Waals surface area contributed by atoms with Crippen molar-refractivity contribution in [2.24, 2.45) is 0 Å². The maximum atomic E-state index is 5.90. The van der Waals surface area contributed by atoms with Crippen LogP contribution in [0.1, 0.15) is 11.1 Å². The molecule has 0 heterocycles. The predicted octanol–water partition coefficient (Wildman–Crippen LogP) is 4.09. The summed E-state index contributed by atoms with van der Waals surface area (Å²) in [7, 11) is 0. The fraction of sp³-hybridized carbons (Fsp3) is 0. The molecule has 0 aliphatic rings. The van der Waals surface area contributed by atoms with Crippen LogP contribution in [0, 0.1) is 0 Å². The number of halogens is 1. The molecule has 0 aliphatic carbocycles. The monoisotopic (exact) mass is 229 g/mol. The minimum absolute atomic E-state index is 0.749. The first-order chi connectivity index (χ1) is 7.74. The molecule has 0 bridgehead atoms. The molecule has 1 nitrogen and oxygen atoms in total. The molecule has 16 heavy (non-hydrogen) atoms. The van der Waals surface area contributed by atoms with Crippen LogP contribution in [-0.2, 0) is 0 Å². The Hall–Kier alpha value is -1.73. The van der Waals surface area contributed by atoms with E-state index >= 15 is 0 Å². The average molecular weight is 230 g/mol. The van der Waals surface area contributed by atoms with Gasteiger partial charge >= 0.3 is 0 Å². The van der Waals surface area contributed by atoms with Crippen LogP contribution in [0.5, 0.6) is 0 Å². The molecular formula is C14H12ClN. The van der Waals surface area contributed by atoms with Gasteiger partial charge in [-0.05, 0) is 35.4 Å². The lowest BCUT2D eigenvalue weighted by molar-refractivity contribution is 1.63. The summed E-state index contributed by atoms with van der Waals surface area (Å²) in [5.41, 5.74) is 8.60. The molecule has 0 fully saturated rings. The van der Waals surface area contributed by atoms with E-state index in [1.54, 1.807) is 0 Å². The zero-order valence-corrected chi connectivity index (χ0v) is 9.48. The second kappa shape index (κ2) is 4.86. The van der Waals surface area contributed by atoms with Gasteiger partial charge in [-0.25, -0.2) is 0 Å². The molecule has 0 radical (unpaired) electrons. The van der Waals surface area contributed by atoms with Crippen LogP contribution in [0.25, 0.3) is 12.2 Å². The first-order valence-electron chi connectivity index (χ1n) is 5.03. The van der Waals surface area contributed by atoms with Gasteiger partial charge in [0.1, 0.15) is 0 Å². The van der Waals surface area contributed by atoms with Crippen molar-refractivity contribution in [3.8, 4) is 0 Å². The zero-order chi connectivity index (χ0) is 11.4. The Morgan fingerprint density at radius 3 is 2.25 bits per heavy atom. The van der Waals surface area contributed by atoms with Gasteiger partial charge in [0.2, 0.25) is 0 Å². The molecular weight excluding hydrogens is 218 g/mol. The largest absolute Gasteiger partial charge is 0.399 e. The third kappa shape index (κ3) is 2.88. The van der Waals surface area contributed by atoms with Crippen LogP contribution in [0.15, 0.2) is 48.5 Å². The fourth-order valence-corrected chi connectivity index (χ4v) is 1.61. The minimum Gasteiger partial charge on any atom is -0.399 e. The van der Waals surface area contributed by atoms with Gasteiger partial charge in [0.25, 0.3) is 0 Å². The standard InChI is InChI=1S/C14H12ClN/c15-13-3-1-2-12(10-13)5-4-11-6-8-14(16)9-7-11/h1-10H,16H2. The van der Waals surface area contributed by atoms with Gasteiger partial charge in [-0.15, -0.1) is 0 Å². The summed E-state index contributed by atoms with van der Waals surface area (Å²) < 4.78 is 0. The van der Waals surface area contributed by atoms with Gasteiger partial charge in [0, 0.05) is 10.7 Å². The third-order valence-corrected chi connectivity index (χ3v) is 2.49. The molecule has 2 aromatic rings. The van der Waals surface area contributed by atoms with Crippen LogP contribution >= 0.6 is 11.6 Å². The van der Waals surface area contributed by atoms with Crippen molar-refractivity contribution in [3.63, 3.8) is 0 Å². The molecule has 0 aromatic heterocycles. The Balaban J connectivity index is 2.18. The van der Waals surface area contributed by atoms with E-state index in [0.29, 0.717) is 0 Å². The lowest BCUT2D eigenvalue weighted by Gasteiger charge is -1.96. The Kier molecular flexibility index (Phi) is 3.28. The van der Waals surface area contributed by atoms with Crippen molar-refractivity contribution in [2.75, 3.05) is 5.73 Å². The van der Waals surface area contributed by atoms with Crippen molar-refractivity contribution in [1.82, 2.24) is 0 Å². The van der Waals surface area contributed by atoms with Crippen LogP contribution in [0.2, 0.25) is 5.02 Å². The first kappa shape index (κ1) is 10.8.